The van der Waals surface area contributed by atoms with Crippen molar-refractivity contribution in [2.45, 2.75) is 19.4 Å². The maximum atomic E-state index is 10.8. The van der Waals surface area contributed by atoms with E-state index in [9.17, 15) is 9.00 Å². The van der Waals surface area contributed by atoms with Gasteiger partial charge in [0, 0.05) is 19.0 Å². The summed E-state index contributed by atoms with van der Waals surface area (Å²) in [6, 6.07) is 0. The van der Waals surface area contributed by atoms with Gasteiger partial charge in [0.15, 0.2) is 0 Å². The van der Waals surface area contributed by atoms with Gasteiger partial charge < -0.3 is 13.9 Å². The Hall–Kier alpha value is -0.580. The van der Waals surface area contributed by atoms with Crippen LogP contribution in [-0.4, -0.2) is 28.6 Å². The number of carbonyl (C=O) groups is 1. The highest BCUT2D eigenvalue weighted by atomic mass is 32.2. The molecule has 0 spiro atoms. The van der Waals surface area contributed by atoms with Gasteiger partial charge in [-0.1, -0.05) is 5.75 Å². The summed E-state index contributed by atoms with van der Waals surface area (Å²) in [5.41, 5.74) is -0.293. The molecule has 1 rings (SSSR count). The van der Waals surface area contributed by atoms with Crippen LogP contribution >= 0.6 is 0 Å². The summed E-state index contributed by atoms with van der Waals surface area (Å²) in [6.45, 7) is 3.98. The van der Waals surface area contributed by atoms with Gasteiger partial charge in [-0.3, -0.25) is 4.79 Å². The summed E-state index contributed by atoms with van der Waals surface area (Å²) in [5.74, 6) is 0.269. The molecule has 1 saturated heterocycles. The molecular formula is C6H11N2O2S-. The lowest BCUT2D eigenvalue weighted by atomic mass is 10.2. The molecule has 1 atom stereocenters. The topological polar surface area (TPSA) is 61.0 Å². The summed E-state index contributed by atoms with van der Waals surface area (Å²) < 4.78 is 17.3. The van der Waals surface area contributed by atoms with Crippen molar-refractivity contribution in [1.29, 1.82) is 4.78 Å². The maximum absolute atomic E-state index is 10.8. The lowest BCUT2D eigenvalue weighted by Crippen LogP contribution is -2.22. The Morgan fingerprint density at radius 2 is 2.36 bits per heavy atom. The predicted octanol–water partition coefficient (Wildman–Crippen LogP) is 0.333. The Balaban J connectivity index is 2.56. The van der Waals surface area contributed by atoms with E-state index in [4.69, 9.17) is 4.78 Å². The molecule has 1 fully saturated rings. The van der Waals surface area contributed by atoms with Crippen molar-refractivity contribution >= 4 is 16.5 Å². The van der Waals surface area contributed by atoms with Gasteiger partial charge in [-0.25, -0.2) is 0 Å². The molecule has 0 aromatic carbocycles. The van der Waals surface area contributed by atoms with Crippen LogP contribution in [0.3, 0.4) is 0 Å². The van der Waals surface area contributed by atoms with Crippen LogP contribution in [-0.2, 0) is 19.6 Å². The highest BCUT2D eigenvalue weighted by Gasteiger charge is 2.46. The highest BCUT2D eigenvalue weighted by Crippen LogP contribution is 2.31. The van der Waals surface area contributed by atoms with Crippen molar-refractivity contribution in [2.75, 3.05) is 12.3 Å². The van der Waals surface area contributed by atoms with Crippen molar-refractivity contribution in [3.63, 3.8) is 0 Å². The third kappa shape index (κ3) is 1.71. The number of carbonyl (C=O) groups excluding carboxylic acids is 1. The van der Waals surface area contributed by atoms with Gasteiger partial charge in [0.05, 0.1) is 0 Å². The monoisotopic (exact) mass is 175 g/mol. The Morgan fingerprint density at radius 3 is 2.64 bits per heavy atom. The molecular weight excluding hydrogens is 164 g/mol. The second-order valence-electron chi connectivity index (χ2n) is 3.09. The molecule has 0 aromatic rings. The molecule has 1 unspecified atom stereocenters. The van der Waals surface area contributed by atoms with E-state index < -0.39 is 10.6 Å². The molecule has 0 saturated carbocycles. The molecule has 64 valence electrons. The molecule has 1 aliphatic rings. The minimum Gasteiger partial charge on any atom is -0.445 e. The molecule has 1 heterocycles. The van der Waals surface area contributed by atoms with E-state index in [0.29, 0.717) is 6.54 Å². The van der Waals surface area contributed by atoms with E-state index >= 15 is 0 Å². The van der Waals surface area contributed by atoms with Crippen LogP contribution in [0.25, 0.3) is 0 Å². The largest absolute Gasteiger partial charge is 0.445 e. The zero-order chi connectivity index (χ0) is 8.65. The zero-order valence-electron chi connectivity index (χ0n) is 6.59. The first-order chi connectivity index (χ1) is 4.96. The third-order valence-electron chi connectivity index (χ3n) is 1.87. The summed E-state index contributed by atoms with van der Waals surface area (Å²) in [6.07, 6.45) is 0. The molecule has 0 radical (unpaired) electrons. The van der Waals surface area contributed by atoms with Gasteiger partial charge in [0.1, 0.15) is 0 Å². The number of nitrogens with one attached hydrogen (secondary N) is 1. The van der Waals surface area contributed by atoms with E-state index in [1.807, 2.05) is 6.92 Å². The molecule has 5 heteroatoms. The van der Waals surface area contributed by atoms with Crippen molar-refractivity contribution in [3.8, 4) is 0 Å². The molecule has 1 aliphatic heterocycles. The van der Waals surface area contributed by atoms with Gasteiger partial charge >= 0.3 is 0 Å². The van der Waals surface area contributed by atoms with Crippen LogP contribution < -0.4 is 0 Å². The zero-order valence-corrected chi connectivity index (χ0v) is 7.40. The quantitative estimate of drug-likeness (QED) is 0.485. The van der Waals surface area contributed by atoms with E-state index in [2.05, 4.69) is 0 Å². The van der Waals surface area contributed by atoms with E-state index in [1.165, 1.54) is 6.92 Å². The SMILES string of the molecule is CC(=O)N1CC1(C)C[S-](=N)=O. The summed E-state index contributed by atoms with van der Waals surface area (Å²) in [4.78, 5) is 12.4. The second kappa shape index (κ2) is 2.48. The maximum Gasteiger partial charge on any atom is 0.219 e. The fourth-order valence-electron chi connectivity index (χ4n) is 1.20. The fourth-order valence-corrected chi connectivity index (χ4v) is 2.01. The normalized spacial score (nSPS) is 29.2. The highest BCUT2D eigenvalue weighted by molar-refractivity contribution is 7.73. The Bertz CT molecular complexity index is 253. The van der Waals surface area contributed by atoms with Crippen molar-refractivity contribution < 1.29 is 9.00 Å². The van der Waals surface area contributed by atoms with E-state index in [1.54, 1.807) is 4.90 Å². The number of rotatable bonds is 2. The van der Waals surface area contributed by atoms with Crippen molar-refractivity contribution in [1.82, 2.24) is 4.90 Å². The van der Waals surface area contributed by atoms with E-state index in [0.717, 1.165) is 0 Å². The van der Waals surface area contributed by atoms with E-state index in [-0.39, 0.29) is 17.2 Å². The number of hydrogen-bond acceptors (Lipinski definition) is 4. The summed E-state index contributed by atoms with van der Waals surface area (Å²) in [7, 11) is -1.55. The second-order valence-corrected chi connectivity index (χ2v) is 4.07. The lowest BCUT2D eigenvalue weighted by Gasteiger charge is -2.11. The number of amides is 1. The van der Waals surface area contributed by atoms with Crippen LogP contribution in [0.1, 0.15) is 13.8 Å². The van der Waals surface area contributed by atoms with Crippen LogP contribution in [0.4, 0.5) is 0 Å². The first-order valence-electron chi connectivity index (χ1n) is 3.33. The Labute approximate surface area is 67.6 Å². The number of hydrogen-bond donors (Lipinski definition) is 1. The molecule has 1 N–H and O–H groups in total. The predicted molar refractivity (Wildman–Crippen MR) is 41.4 cm³/mol. The first-order valence-corrected chi connectivity index (χ1v) is 4.65. The average Bonchev–Trinajstić information content (AvgIpc) is 2.39. The molecule has 0 aromatic heterocycles. The van der Waals surface area contributed by atoms with Crippen LogP contribution in [0.2, 0.25) is 0 Å². The third-order valence-corrected chi connectivity index (χ3v) is 2.75. The van der Waals surface area contributed by atoms with Gasteiger partial charge in [0.2, 0.25) is 5.91 Å². The van der Waals surface area contributed by atoms with Crippen LogP contribution in [0.5, 0.6) is 0 Å². The average molecular weight is 175 g/mol. The summed E-state index contributed by atoms with van der Waals surface area (Å²) >= 11 is 0. The van der Waals surface area contributed by atoms with Gasteiger partial charge in [0.25, 0.3) is 0 Å². The first kappa shape index (κ1) is 8.52. The molecule has 0 aliphatic carbocycles. The standard InChI is InChI=1S/C6H11N2O2S/c1-5(9)8-3-6(8,2)4-11(7)10/h7H,3-4H2,1-2H3/q-1. The minimum atomic E-state index is -1.55. The summed E-state index contributed by atoms with van der Waals surface area (Å²) in [5, 5.41) is 0. The Kier molecular flexibility index (Phi) is 1.92. The Morgan fingerprint density at radius 1 is 1.82 bits per heavy atom. The molecule has 4 nitrogen and oxygen atoms in total. The van der Waals surface area contributed by atoms with Crippen molar-refractivity contribution in [3.05, 3.63) is 0 Å². The van der Waals surface area contributed by atoms with Crippen LogP contribution in [0, 0.1) is 4.78 Å². The number of nitrogens with zero attached hydrogens (tertiary/aromatic N) is 1. The smallest absolute Gasteiger partial charge is 0.219 e. The van der Waals surface area contributed by atoms with Crippen LogP contribution in [0.15, 0.2) is 0 Å². The lowest BCUT2D eigenvalue weighted by molar-refractivity contribution is -0.124. The minimum absolute atomic E-state index is 0.00190. The van der Waals surface area contributed by atoms with Gasteiger partial charge in [-0.2, -0.15) is 10.6 Å². The van der Waals surface area contributed by atoms with Gasteiger partial charge in [-0.15, -0.1) is 0 Å². The van der Waals surface area contributed by atoms with Gasteiger partial charge in [-0.05, 0) is 6.92 Å². The molecule has 1 amide bonds. The fraction of sp³-hybridized carbons (Fsp3) is 0.833. The molecule has 11 heavy (non-hydrogen) atoms. The molecule has 0 bridgehead atoms. The van der Waals surface area contributed by atoms with Crippen molar-refractivity contribution in [2.24, 2.45) is 0 Å².